The molecule has 0 saturated carbocycles. The highest BCUT2D eigenvalue weighted by Gasteiger charge is 2.25. The van der Waals surface area contributed by atoms with E-state index in [1.54, 1.807) is 22.7 Å². The van der Waals surface area contributed by atoms with Crippen molar-refractivity contribution in [3.05, 3.63) is 49.0 Å². The second-order valence-corrected chi connectivity index (χ2v) is 9.69. The molecule has 1 saturated heterocycles. The van der Waals surface area contributed by atoms with Gasteiger partial charge in [0.05, 0.1) is 10.3 Å². The van der Waals surface area contributed by atoms with Crippen molar-refractivity contribution in [2.24, 2.45) is 0 Å². The monoisotopic (exact) mass is 402 g/mol. The van der Waals surface area contributed by atoms with E-state index in [9.17, 15) is 4.79 Å². The van der Waals surface area contributed by atoms with Gasteiger partial charge in [-0.05, 0) is 49.1 Å². The third-order valence-electron chi connectivity index (χ3n) is 5.59. The predicted octanol–water partition coefficient (Wildman–Crippen LogP) is 2.30. The van der Waals surface area contributed by atoms with E-state index in [2.05, 4.69) is 22.5 Å². The second-order valence-electron chi connectivity index (χ2n) is 7.57. The van der Waals surface area contributed by atoms with Gasteiger partial charge < -0.3 is 14.6 Å². The van der Waals surface area contributed by atoms with E-state index < -0.39 is 0 Å². The van der Waals surface area contributed by atoms with Crippen LogP contribution in [-0.2, 0) is 30.7 Å². The zero-order valence-electron chi connectivity index (χ0n) is 15.3. The number of H-pyrrole nitrogens is 1. The van der Waals surface area contributed by atoms with Crippen molar-refractivity contribution in [2.45, 2.75) is 51.3 Å². The maximum absolute atomic E-state index is 12.7. The number of nitrogens with zero attached hydrogens (tertiary/aromatic N) is 1. The molecule has 5 nitrogen and oxygen atoms in total. The van der Waals surface area contributed by atoms with E-state index in [0.29, 0.717) is 6.10 Å². The Morgan fingerprint density at radius 1 is 1.30 bits per heavy atom. The first-order valence-electron chi connectivity index (χ1n) is 9.77. The largest absolute Gasteiger partial charge is 0.372 e. The van der Waals surface area contributed by atoms with E-state index in [0.717, 1.165) is 68.0 Å². The summed E-state index contributed by atoms with van der Waals surface area (Å²) < 4.78 is 5.87. The van der Waals surface area contributed by atoms with Crippen molar-refractivity contribution in [2.75, 3.05) is 13.2 Å². The molecule has 1 aliphatic carbocycles. The standard InChI is InChI=1S/C20H23N3O2S2/c24-19-18-15-6-1-7-16(15)27-20(18)22-17(21-19)12-23(10-13-4-2-8-25-13)11-14-5-3-9-26-14/h3,5,9,13H,1-2,4,6-8,10-12H2,(H,21,22,24)/p+1/t13-/m0/s1. The number of aromatic nitrogens is 2. The number of thiophene rings is 2. The van der Waals surface area contributed by atoms with Crippen LogP contribution < -0.4 is 10.5 Å². The quantitative estimate of drug-likeness (QED) is 0.665. The molecule has 0 radical (unpaired) electrons. The number of nitrogens with one attached hydrogen (secondary N) is 2. The van der Waals surface area contributed by atoms with Gasteiger partial charge in [0, 0.05) is 11.5 Å². The highest BCUT2D eigenvalue weighted by molar-refractivity contribution is 7.18. The summed E-state index contributed by atoms with van der Waals surface area (Å²) in [5.41, 5.74) is 1.29. The molecule has 2 atom stereocenters. The smallest absolute Gasteiger partial charge is 0.260 e. The third-order valence-corrected chi connectivity index (χ3v) is 7.65. The number of hydrogen-bond donors (Lipinski definition) is 2. The molecule has 1 fully saturated rings. The van der Waals surface area contributed by atoms with Crippen molar-refractivity contribution in [3.8, 4) is 0 Å². The highest BCUT2D eigenvalue weighted by Crippen LogP contribution is 2.34. The fraction of sp³-hybridized carbons (Fsp3) is 0.500. The van der Waals surface area contributed by atoms with E-state index >= 15 is 0 Å². The van der Waals surface area contributed by atoms with Crippen LogP contribution in [0.25, 0.3) is 10.2 Å². The van der Waals surface area contributed by atoms with Crippen LogP contribution in [0.2, 0.25) is 0 Å². The van der Waals surface area contributed by atoms with Gasteiger partial charge in [0.25, 0.3) is 5.56 Å². The first-order chi connectivity index (χ1) is 13.3. The lowest BCUT2D eigenvalue weighted by atomic mass is 10.2. The van der Waals surface area contributed by atoms with Gasteiger partial charge >= 0.3 is 0 Å². The molecule has 7 heteroatoms. The maximum Gasteiger partial charge on any atom is 0.260 e. The summed E-state index contributed by atoms with van der Waals surface area (Å²) in [5.74, 6) is 0.803. The number of fused-ring (bicyclic) bond motifs is 3. The van der Waals surface area contributed by atoms with Crippen LogP contribution in [0.1, 0.15) is 40.4 Å². The van der Waals surface area contributed by atoms with Gasteiger partial charge in [0.2, 0.25) is 0 Å². The molecule has 2 aliphatic rings. The number of quaternary nitrogens is 1. The lowest BCUT2D eigenvalue weighted by Crippen LogP contribution is -3.10. The van der Waals surface area contributed by atoms with Crippen molar-refractivity contribution in [3.63, 3.8) is 0 Å². The van der Waals surface area contributed by atoms with Gasteiger partial charge in [-0.15, -0.1) is 22.7 Å². The predicted molar refractivity (Wildman–Crippen MR) is 109 cm³/mol. The minimum absolute atomic E-state index is 0.0435. The minimum Gasteiger partial charge on any atom is -0.372 e. The zero-order valence-corrected chi connectivity index (χ0v) is 16.9. The summed E-state index contributed by atoms with van der Waals surface area (Å²) in [6.45, 7) is 3.51. The van der Waals surface area contributed by atoms with Gasteiger partial charge in [-0.2, -0.15) is 0 Å². The van der Waals surface area contributed by atoms with Crippen LogP contribution >= 0.6 is 22.7 Å². The number of ether oxygens (including phenoxy) is 1. The molecule has 4 heterocycles. The molecular weight excluding hydrogens is 378 g/mol. The van der Waals surface area contributed by atoms with Gasteiger partial charge in [0.1, 0.15) is 30.6 Å². The average molecular weight is 403 g/mol. The van der Waals surface area contributed by atoms with Crippen LogP contribution in [0.5, 0.6) is 0 Å². The fourth-order valence-electron chi connectivity index (χ4n) is 4.36. The third kappa shape index (κ3) is 3.61. The number of hydrogen-bond acceptors (Lipinski definition) is 5. The van der Waals surface area contributed by atoms with E-state index in [1.807, 2.05) is 0 Å². The summed E-state index contributed by atoms with van der Waals surface area (Å²) >= 11 is 3.51. The molecular formula is C20H24N3O2S2+. The number of aromatic amines is 1. The fourth-order valence-corrected chi connectivity index (χ4v) is 6.42. The molecule has 2 N–H and O–H groups in total. The molecule has 1 unspecified atom stereocenters. The first-order valence-corrected chi connectivity index (χ1v) is 11.5. The molecule has 0 aromatic carbocycles. The SMILES string of the molecule is O=c1[nH]c(C[NH+](Cc2cccs2)C[C@@H]2CCCO2)nc2sc3c(c12)CCC3. The Morgan fingerprint density at radius 2 is 2.26 bits per heavy atom. The maximum atomic E-state index is 12.7. The Kier molecular flexibility index (Phi) is 4.85. The summed E-state index contributed by atoms with van der Waals surface area (Å²) in [4.78, 5) is 25.7. The van der Waals surface area contributed by atoms with Crippen molar-refractivity contribution in [1.29, 1.82) is 0 Å². The lowest BCUT2D eigenvalue weighted by Gasteiger charge is -2.21. The number of aryl methyl sites for hydroxylation is 2. The first kappa shape index (κ1) is 17.6. The Hall–Kier alpha value is -1.54. The van der Waals surface area contributed by atoms with Crippen molar-refractivity contribution >= 4 is 32.9 Å². The van der Waals surface area contributed by atoms with Crippen LogP contribution in [-0.4, -0.2) is 29.2 Å². The highest BCUT2D eigenvalue weighted by atomic mass is 32.1. The molecule has 142 valence electrons. The summed E-state index contributed by atoms with van der Waals surface area (Å²) in [6, 6.07) is 4.28. The second kappa shape index (κ2) is 7.47. The molecule has 5 rings (SSSR count). The van der Waals surface area contributed by atoms with Gasteiger partial charge in [-0.1, -0.05) is 6.07 Å². The van der Waals surface area contributed by atoms with Crippen LogP contribution in [0.3, 0.4) is 0 Å². The Bertz CT molecular complexity index is 987. The van der Waals surface area contributed by atoms with Gasteiger partial charge in [0.15, 0.2) is 5.82 Å². The molecule has 0 spiro atoms. The topological polar surface area (TPSA) is 59.4 Å². The minimum atomic E-state index is 0.0435. The summed E-state index contributed by atoms with van der Waals surface area (Å²) in [5, 5.41) is 2.97. The summed E-state index contributed by atoms with van der Waals surface area (Å²) in [7, 11) is 0. The van der Waals surface area contributed by atoms with Crippen LogP contribution in [0.15, 0.2) is 22.3 Å². The molecule has 1 aliphatic heterocycles. The number of rotatable bonds is 6. The molecule has 0 amide bonds. The van der Waals surface area contributed by atoms with Crippen molar-refractivity contribution in [1.82, 2.24) is 9.97 Å². The average Bonchev–Trinajstić information content (AvgIpc) is 3.39. The van der Waals surface area contributed by atoms with Crippen LogP contribution in [0.4, 0.5) is 0 Å². The van der Waals surface area contributed by atoms with E-state index in [-0.39, 0.29) is 5.56 Å². The van der Waals surface area contributed by atoms with E-state index in [1.165, 1.54) is 26.6 Å². The van der Waals surface area contributed by atoms with Crippen LogP contribution in [0, 0.1) is 0 Å². The van der Waals surface area contributed by atoms with Crippen molar-refractivity contribution < 1.29 is 9.64 Å². The molecule has 3 aromatic heterocycles. The molecule has 3 aromatic rings. The van der Waals surface area contributed by atoms with Gasteiger partial charge in [-0.3, -0.25) is 4.79 Å². The van der Waals surface area contributed by atoms with E-state index in [4.69, 9.17) is 9.72 Å². The summed E-state index contributed by atoms with van der Waals surface area (Å²) in [6.07, 6.45) is 5.89. The molecule has 27 heavy (non-hydrogen) atoms. The Labute approximate surface area is 166 Å². The van der Waals surface area contributed by atoms with Gasteiger partial charge in [-0.25, -0.2) is 4.98 Å². The lowest BCUT2D eigenvalue weighted by molar-refractivity contribution is -0.930. The Morgan fingerprint density at radius 3 is 3.07 bits per heavy atom. The normalized spacial score (nSPS) is 20.4. The zero-order chi connectivity index (χ0) is 18.2. The molecule has 0 bridgehead atoms. The Balaban J connectivity index is 1.41.